The van der Waals surface area contributed by atoms with Gasteiger partial charge in [0.1, 0.15) is 6.04 Å². The van der Waals surface area contributed by atoms with Gasteiger partial charge in [-0.15, -0.1) is 0 Å². The van der Waals surface area contributed by atoms with Crippen molar-refractivity contribution in [2.45, 2.75) is 30.4 Å². The highest BCUT2D eigenvalue weighted by Gasteiger charge is 2.43. The van der Waals surface area contributed by atoms with Crippen LogP contribution in [0.1, 0.15) is 17.5 Å². The Morgan fingerprint density at radius 3 is 2.67 bits per heavy atom. The fourth-order valence-corrected chi connectivity index (χ4v) is 4.05. The maximum absolute atomic E-state index is 12.5. The van der Waals surface area contributed by atoms with E-state index in [0.717, 1.165) is 4.31 Å². The Bertz CT molecular complexity index is 723. The summed E-state index contributed by atoms with van der Waals surface area (Å²) >= 11 is 0. The summed E-state index contributed by atoms with van der Waals surface area (Å²) in [6, 6.07) is 4.64. The fraction of sp³-hybridized carbons (Fsp3) is 0.385. The molecule has 0 saturated carbocycles. The average molecular weight is 310 g/mol. The number of aryl methyl sites for hydroxylation is 1. The SMILES string of the molecule is Cc1cc(S(=O)(=O)N2C[C@H](O)C[C@@H]2C(=O)O)ccc1C#N. The van der Waals surface area contributed by atoms with Gasteiger partial charge < -0.3 is 10.2 Å². The molecule has 1 aromatic rings. The molecule has 1 aromatic carbocycles. The molecule has 2 N–H and O–H groups in total. The summed E-state index contributed by atoms with van der Waals surface area (Å²) < 4.78 is 25.8. The van der Waals surface area contributed by atoms with E-state index in [1.807, 2.05) is 6.07 Å². The number of β-amino-alcohol motifs (C(OH)–C–C–N with tert-alkyl or cyclic N) is 1. The van der Waals surface area contributed by atoms with Crippen molar-refractivity contribution in [3.05, 3.63) is 29.3 Å². The maximum atomic E-state index is 12.5. The van der Waals surface area contributed by atoms with Crippen LogP contribution >= 0.6 is 0 Å². The van der Waals surface area contributed by atoms with Gasteiger partial charge in [-0.1, -0.05) is 0 Å². The van der Waals surface area contributed by atoms with Crippen molar-refractivity contribution in [1.82, 2.24) is 4.31 Å². The Kier molecular flexibility index (Phi) is 4.00. The van der Waals surface area contributed by atoms with Gasteiger partial charge in [-0.2, -0.15) is 9.57 Å². The van der Waals surface area contributed by atoms with Crippen LogP contribution in [0.4, 0.5) is 0 Å². The number of aliphatic carboxylic acids is 1. The van der Waals surface area contributed by atoms with Gasteiger partial charge in [0.2, 0.25) is 10.0 Å². The lowest BCUT2D eigenvalue weighted by Gasteiger charge is -2.21. The van der Waals surface area contributed by atoms with Crippen LogP contribution in [0.2, 0.25) is 0 Å². The predicted octanol–water partition coefficient (Wildman–Crippen LogP) is 0.0752. The number of hydrogen-bond donors (Lipinski definition) is 2. The van der Waals surface area contributed by atoms with Crippen molar-refractivity contribution in [1.29, 1.82) is 5.26 Å². The average Bonchev–Trinajstić information content (AvgIpc) is 2.81. The Morgan fingerprint density at radius 2 is 2.14 bits per heavy atom. The summed E-state index contributed by atoms with van der Waals surface area (Å²) in [5, 5.41) is 27.5. The van der Waals surface area contributed by atoms with Crippen LogP contribution in [0.3, 0.4) is 0 Å². The highest BCUT2D eigenvalue weighted by atomic mass is 32.2. The molecule has 1 aliphatic heterocycles. The topological polar surface area (TPSA) is 119 Å². The molecule has 0 spiro atoms. The van der Waals surface area contributed by atoms with Gasteiger partial charge in [-0.05, 0) is 30.7 Å². The zero-order valence-corrected chi connectivity index (χ0v) is 12.0. The third-order valence-electron chi connectivity index (χ3n) is 3.44. The Labute approximate surface area is 122 Å². The summed E-state index contributed by atoms with van der Waals surface area (Å²) in [4.78, 5) is 11.1. The molecule has 0 aliphatic carbocycles. The Balaban J connectivity index is 2.45. The van der Waals surface area contributed by atoms with Crippen LogP contribution in [-0.2, 0) is 14.8 Å². The first-order valence-corrected chi connectivity index (χ1v) is 7.65. The van der Waals surface area contributed by atoms with E-state index in [1.54, 1.807) is 6.92 Å². The van der Waals surface area contributed by atoms with Crippen molar-refractivity contribution in [3.63, 3.8) is 0 Å². The Morgan fingerprint density at radius 1 is 1.48 bits per heavy atom. The second-order valence-electron chi connectivity index (χ2n) is 4.91. The van der Waals surface area contributed by atoms with E-state index in [0.29, 0.717) is 11.1 Å². The number of nitrogens with zero attached hydrogens (tertiary/aromatic N) is 2. The van der Waals surface area contributed by atoms with Crippen molar-refractivity contribution in [2.75, 3.05) is 6.54 Å². The zero-order valence-electron chi connectivity index (χ0n) is 11.2. The molecule has 2 rings (SSSR count). The van der Waals surface area contributed by atoms with E-state index in [1.165, 1.54) is 18.2 Å². The first kappa shape index (κ1) is 15.4. The van der Waals surface area contributed by atoms with E-state index in [9.17, 15) is 18.3 Å². The van der Waals surface area contributed by atoms with E-state index in [4.69, 9.17) is 10.4 Å². The number of aliphatic hydroxyl groups excluding tert-OH is 1. The summed E-state index contributed by atoms with van der Waals surface area (Å²) in [5.41, 5.74) is 0.843. The fourth-order valence-electron chi connectivity index (χ4n) is 2.33. The molecule has 21 heavy (non-hydrogen) atoms. The second kappa shape index (κ2) is 5.44. The molecule has 8 heteroatoms. The molecule has 0 radical (unpaired) electrons. The lowest BCUT2D eigenvalue weighted by Crippen LogP contribution is -2.40. The van der Waals surface area contributed by atoms with E-state index in [2.05, 4.69) is 0 Å². The number of hydrogen-bond acceptors (Lipinski definition) is 5. The van der Waals surface area contributed by atoms with Gasteiger partial charge in [0.05, 0.1) is 22.6 Å². The maximum Gasteiger partial charge on any atom is 0.322 e. The summed E-state index contributed by atoms with van der Waals surface area (Å²) in [5.74, 6) is -1.29. The molecule has 7 nitrogen and oxygen atoms in total. The van der Waals surface area contributed by atoms with Crippen LogP contribution in [-0.4, -0.2) is 47.6 Å². The van der Waals surface area contributed by atoms with Crippen LogP contribution in [0.15, 0.2) is 23.1 Å². The molecule has 112 valence electrons. The number of carbonyl (C=O) groups is 1. The Hall–Kier alpha value is -1.95. The highest BCUT2D eigenvalue weighted by Crippen LogP contribution is 2.27. The summed E-state index contributed by atoms with van der Waals surface area (Å²) in [7, 11) is -4.03. The number of carboxylic acid groups (broad SMARTS) is 1. The van der Waals surface area contributed by atoms with E-state index in [-0.39, 0.29) is 17.9 Å². The lowest BCUT2D eigenvalue weighted by atomic mass is 10.1. The minimum Gasteiger partial charge on any atom is -0.480 e. The molecule has 1 heterocycles. The largest absolute Gasteiger partial charge is 0.480 e. The zero-order chi connectivity index (χ0) is 15.8. The van der Waals surface area contributed by atoms with Gasteiger partial charge in [-0.25, -0.2) is 8.42 Å². The number of benzene rings is 1. The smallest absolute Gasteiger partial charge is 0.322 e. The molecular formula is C13H14N2O5S. The van der Waals surface area contributed by atoms with E-state index >= 15 is 0 Å². The van der Waals surface area contributed by atoms with Gasteiger partial charge >= 0.3 is 5.97 Å². The van der Waals surface area contributed by atoms with Crippen LogP contribution in [0.5, 0.6) is 0 Å². The molecule has 0 unspecified atom stereocenters. The highest BCUT2D eigenvalue weighted by molar-refractivity contribution is 7.89. The van der Waals surface area contributed by atoms with Gasteiger partial charge in [-0.3, -0.25) is 4.79 Å². The minimum atomic E-state index is -4.03. The summed E-state index contributed by atoms with van der Waals surface area (Å²) in [6.07, 6.45) is -1.13. The van der Waals surface area contributed by atoms with Gasteiger partial charge in [0.15, 0.2) is 0 Å². The van der Waals surface area contributed by atoms with Crippen molar-refractivity contribution in [2.24, 2.45) is 0 Å². The molecule has 0 bridgehead atoms. The normalized spacial score (nSPS) is 22.9. The summed E-state index contributed by atoms with van der Waals surface area (Å²) in [6.45, 7) is 1.35. The van der Waals surface area contributed by atoms with E-state index < -0.39 is 28.1 Å². The van der Waals surface area contributed by atoms with Crippen molar-refractivity contribution >= 4 is 16.0 Å². The molecule has 1 aliphatic rings. The van der Waals surface area contributed by atoms with Gasteiger partial charge in [0.25, 0.3) is 0 Å². The van der Waals surface area contributed by atoms with Gasteiger partial charge in [0, 0.05) is 13.0 Å². The molecular weight excluding hydrogens is 296 g/mol. The van der Waals surface area contributed by atoms with Crippen molar-refractivity contribution < 1.29 is 23.4 Å². The van der Waals surface area contributed by atoms with Crippen LogP contribution in [0.25, 0.3) is 0 Å². The second-order valence-corrected chi connectivity index (χ2v) is 6.80. The third kappa shape index (κ3) is 2.76. The predicted molar refractivity (Wildman–Crippen MR) is 71.8 cm³/mol. The number of aliphatic hydroxyl groups is 1. The molecule has 1 fully saturated rings. The standard InChI is InChI=1S/C13H14N2O5S/c1-8-4-11(3-2-9(8)6-14)21(19,20)15-7-10(16)5-12(15)13(17)18/h2-4,10,12,16H,5,7H2,1H3,(H,17,18)/t10-,12-/m1/s1. The lowest BCUT2D eigenvalue weighted by molar-refractivity contribution is -0.140. The first-order chi connectivity index (χ1) is 9.77. The number of rotatable bonds is 3. The molecule has 0 amide bonds. The molecule has 0 aromatic heterocycles. The first-order valence-electron chi connectivity index (χ1n) is 6.21. The van der Waals surface area contributed by atoms with Crippen molar-refractivity contribution in [3.8, 4) is 6.07 Å². The molecule has 1 saturated heterocycles. The number of nitriles is 1. The number of carboxylic acids is 1. The molecule has 2 atom stereocenters. The monoisotopic (exact) mass is 310 g/mol. The third-order valence-corrected chi connectivity index (χ3v) is 5.31. The van der Waals surface area contributed by atoms with Crippen LogP contribution in [0, 0.1) is 18.3 Å². The van der Waals surface area contributed by atoms with Crippen LogP contribution < -0.4 is 0 Å². The minimum absolute atomic E-state index is 0.0839. The number of sulfonamides is 1. The quantitative estimate of drug-likeness (QED) is 0.816.